The highest BCUT2D eigenvalue weighted by atomic mass is 16.1. The van der Waals surface area contributed by atoms with Gasteiger partial charge in [-0.25, -0.2) is 0 Å². The molecule has 2 aromatic carbocycles. The summed E-state index contributed by atoms with van der Waals surface area (Å²) in [4.78, 5) is 14.3. The molecule has 26 heavy (non-hydrogen) atoms. The van der Waals surface area contributed by atoms with Gasteiger partial charge in [0.25, 0.3) is 5.91 Å². The molecule has 132 valence electrons. The Labute approximate surface area is 153 Å². The van der Waals surface area contributed by atoms with E-state index >= 15 is 0 Å². The smallest absolute Gasteiger partial charge is 0.271 e. The lowest BCUT2D eigenvalue weighted by Gasteiger charge is -2.21. The first-order valence-electron chi connectivity index (χ1n) is 8.76. The molecule has 0 saturated carbocycles. The number of hydrogen-bond donors (Lipinski definition) is 1. The Hall–Kier alpha value is -3.21. The van der Waals surface area contributed by atoms with E-state index in [0.717, 1.165) is 24.5 Å². The summed E-state index contributed by atoms with van der Waals surface area (Å²) in [7, 11) is 0. The second-order valence-corrected chi connectivity index (χ2v) is 5.85. The largest absolute Gasteiger partial charge is 0.350 e. The number of nitrogens with zero attached hydrogens (tertiary/aromatic N) is 3. The van der Waals surface area contributed by atoms with Gasteiger partial charge in [0.2, 0.25) is 0 Å². The van der Waals surface area contributed by atoms with E-state index in [0.29, 0.717) is 12.2 Å². The van der Waals surface area contributed by atoms with Crippen LogP contribution < -0.4 is 10.2 Å². The number of carbonyl (C=O) groups is 1. The summed E-state index contributed by atoms with van der Waals surface area (Å²) in [5.41, 5.74) is 2.56. The first-order valence-corrected chi connectivity index (χ1v) is 8.76. The minimum absolute atomic E-state index is 0.206. The van der Waals surface area contributed by atoms with Crippen molar-refractivity contribution < 1.29 is 4.79 Å². The molecule has 1 aromatic heterocycles. The van der Waals surface area contributed by atoms with Gasteiger partial charge in [-0.15, -0.1) is 10.2 Å². The third-order valence-corrected chi connectivity index (χ3v) is 4.09. The fourth-order valence-corrected chi connectivity index (χ4v) is 2.73. The Morgan fingerprint density at radius 1 is 0.923 bits per heavy atom. The van der Waals surface area contributed by atoms with Gasteiger partial charge < -0.3 is 10.2 Å². The van der Waals surface area contributed by atoms with Gasteiger partial charge in [-0.05, 0) is 43.2 Å². The number of para-hydroxylation sites is 1. The SMILES string of the molecule is CCN(c1ccccc1)c1ccc(C(=O)NCCc2ccccc2)nn1. The highest BCUT2D eigenvalue weighted by molar-refractivity contribution is 5.92. The Kier molecular flexibility index (Phi) is 5.93. The molecule has 0 aliphatic heterocycles. The summed E-state index contributed by atoms with van der Waals surface area (Å²) in [5, 5.41) is 11.2. The van der Waals surface area contributed by atoms with Crippen molar-refractivity contribution in [3.05, 3.63) is 84.1 Å². The van der Waals surface area contributed by atoms with Gasteiger partial charge in [0.1, 0.15) is 0 Å². The van der Waals surface area contributed by atoms with Crippen LogP contribution in [0.3, 0.4) is 0 Å². The highest BCUT2D eigenvalue weighted by Gasteiger charge is 2.12. The van der Waals surface area contributed by atoms with Gasteiger partial charge in [-0.3, -0.25) is 4.79 Å². The lowest BCUT2D eigenvalue weighted by molar-refractivity contribution is 0.0948. The zero-order chi connectivity index (χ0) is 18.2. The molecule has 0 spiro atoms. The van der Waals surface area contributed by atoms with E-state index in [9.17, 15) is 4.79 Å². The first kappa shape index (κ1) is 17.6. The molecule has 1 amide bonds. The predicted octanol–water partition coefficient (Wildman–Crippen LogP) is 3.61. The van der Waals surface area contributed by atoms with Crippen LogP contribution in [0.4, 0.5) is 11.5 Å². The van der Waals surface area contributed by atoms with Crippen molar-refractivity contribution in [2.24, 2.45) is 0 Å². The van der Waals surface area contributed by atoms with E-state index in [1.54, 1.807) is 6.07 Å². The summed E-state index contributed by atoms with van der Waals surface area (Å²) >= 11 is 0. The van der Waals surface area contributed by atoms with E-state index in [1.165, 1.54) is 5.56 Å². The summed E-state index contributed by atoms with van der Waals surface area (Å²) in [6.45, 7) is 3.39. The van der Waals surface area contributed by atoms with Crippen LogP contribution in [0.5, 0.6) is 0 Å². The molecule has 1 N–H and O–H groups in total. The zero-order valence-electron chi connectivity index (χ0n) is 14.8. The van der Waals surface area contributed by atoms with Crippen molar-refractivity contribution in [2.75, 3.05) is 18.0 Å². The minimum Gasteiger partial charge on any atom is -0.350 e. The third-order valence-electron chi connectivity index (χ3n) is 4.09. The van der Waals surface area contributed by atoms with E-state index < -0.39 is 0 Å². The van der Waals surface area contributed by atoms with Gasteiger partial charge in [-0.1, -0.05) is 48.5 Å². The molecule has 0 aliphatic rings. The lowest BCUT2D eigenvalue weighted by Crippen LogP contribution is -2.27. The molecule has 3 rings (SSSR count). The molecule has 3 aromatic rings. The molecular weight excluding hydrogens is 324 g/mol. The standard InChI is InChI=1S/C21H22N4O/c1-2-25(18-11-7-4-8-12-18)20-14-13-19(23-24-20)21(26)22-16-15-17-9-5-3-6-10-17/h3-14H,2,15-16H2,1H3,(H,22,26). The second kappa shape index (κ2) is 8.76. The Morgan fingerprint density at radius 2 is 1.62 bits per heavy atom. The van der Waals surface area contributed by atoms with E-state index in [2.05, 4.69) is 22.4 Å². The number of anilines is 2. The van der Waals surface area contributed by atoms with Crippen molar-refractivity contribution in [2.45, 2.75) is 13.3 Å². The quantitative estimate of drug-likeness (QED) is 0.710. The number of nitrogens with one attached hydrogen (secondary N) is 1. The van der Waals surface area contributed by atoms with Crippen molar-refractivity contribution in [1.29, 1.82) is 0 Å². The van der Waals surface area contributed by atoms with E-state index in [4.69, 9.17) is 0 Å². The summed E-state index contributed by atoms with van der Waals surface area (Å²) in [6.07, 6.45) is 0.787. The predicted molar refractivity (Wildman–Crippen MR) is 104 cm³/mol. The average Bonchev–Trinajstić information content (AvgIpc) is 2.71. The molecule has 5 nitrogen and oxygen atoms in total. The third kappa shape index (κ3) is 4.45. The Morgan fingerprint density at radius 3 is 2.23 bits per heavy atom. The van der Waals surface area contributed by atoms with E-state index in [-0.39, 0.29) is 5.91 Å². The maximum Gasteiger partial charge on any atom is 0.271 e. The molecule has 0 aliphatic carbocycles. The van der Waals surface area contributed by atoms with Gasteiger partial charge in [0, 0.05) is 18.8 Å². The monoisotopic (exact) mass is 346 g/mol. The van der Waals surface area contributed by atoms with Crippen molar-refractivity contribution in [1.82, 2.24) is 15.5 Å². The average molecular weight is 346 g/mol. The fraction of sp³-hybridized carbons (Fsp3) is 0.190. The maximum atomic E-state index is 12.2. The number of amides is 1. The summed E-state index contributed by atoms with van der Waals surface area (Å²) < 4.78 is 0. The molecule has 0 radical (unpaired) electrons. The molecular formula is C21H22N4O. The van der Waals surface area contributed by atoms with Crippen molar-refractivity contribution >= 4 is 17.4 Å². The van der Waals surface area contributed by atoms with Crippen LogP contribution in [-0.2, 0) is 6.42 Å². The van der Waals surface area contributed by atoms with Crippen molar-refractivity contribution in [3.63, 3.8) is 0 Å². The van der Waals surface area contributed by atoms with Crippen LogP contribution in [-0.4, -0.2) is 29.2 Å². The number of hydrogen-bond acceptors (Lipinski definition) is 4. The van der Waals surface area contributed by atoms with Crippen LogP contribution in [0.15, 0.2) is 72.8 Å². The molecule has 0 fully saturated rings. The number of rotatable bonds is 7. The molecule has 0 saturated heterocycles. The number of benzene rings is 2. The number of aromatic nitrogens is 2. The maximum absolute atomic E-state index is 12.2. The molecule has 0 unspecified atom stereocenters. The van der Waals surface area contributed by atoms with E-state index in [1.807, 2.05) is 71.6 Å². The lowest BCUT2D eigenvalue weighted by atomic mass is 10.1. The van der Waals surface area contributed by atoms with Gasteiger partial charge in [-0.2, -0.15) is 0 Å². The van der Waals surface area contributed by atoms with Crippen molar-refractivity contribution in [3.8, 4) is 0 Å². The summed E-state index contributed by atoms with van der Waals surface area (Å²) in [6, 6.07) is 23.6. The van der Waals surface area contributed by atoms with Gasteiger partial charge in [0.05, 0.1) is 0 Å². The molecule has 5 heteroatoms. The zero-order valence-corrected chi connectivity index (χ0v) is 14.8. The highest BCUT2D eigenvalue weighted by Crippen LogP contribution is 2.22. The fourth-order valence-electron chi connectivity index (χ4n) is 2.73. The molecule has 0 atom stereocenters. The van der Waals surface area contributed by atoms with Crippen LogP contribution in [0.1, 0.15) is 23.0 Å². The van der Waals surface area contributed by atoms with Crippen LogP contribution in [0.2, 0.25) is 0 Å². The van der Waals surface area contributed by atoms with Crippen LogP contribution in [0, 0.1) is 0 Å². The Balaban J connectivity index is 1.60. The minimum atomic E-state index is -0.206. The van der Waals surface area contributed by atoms with Gasteiger partial charge >= 0.3 is 0 Å². The topological polar surface area (TPSA) is 58.1 Å². The Bertz CT molecular complexity index is 820. The first-order chi connectivity index (χ1) is 12.8. The summed E-state index contributed by atoms with van der Waals surface area (Å²) in [5.74, 6) is 0.516. The van der Waals surface area contributed by atoms with Gasteiger partial charge in [0.15, 0.2) is 11.5 Å². The molecule has 1 heterocycles. The van der Waals surface area contributed by atoms with Crippen LogP contribution >= 0.6 is 0 Å². The second-order valence-electron chi connectivity index (χ2n) is 5.85. The van der Waals surface area contributed by atoms with Crippen LogP contribution in [0.25, 0.3) is 0 Å². The molecule has 0 bridgehead atoms. The number of carbonyl (C=O) groups excluding carboxylic acids is 1. The normalized spacial score (nSPS) is 10.3.